The number of ether oxygens (including phenoxy) is 2. The van der Waals surface area contributed by atoms with E-state index in [0.717, 1.165) is 56.9 Å². The second-order valence-corrected chi connectivity index (χ2v) is 17.9. The summed E-state index contributed by atoms with van der Waals surface area (Å²) in [6.07, 6.45) is 12.9. The molecule has 0 spiro atoms. The number of benzene rings is 1. The molecule has 0 saturated heterocycles. The average molecular weight is 645 g/mol. The van der Waals surface area contributed by atoms with E-state index in [1.54, 1.807) is 25.3 Å². The molecule has 5 aliphatic rings. The number of ketones is 2. The molecular formula is C41H56O6. The monoisotopic (exact) mass is 644 g/mol. The molecule has 0 heterocycles. The predicted molar refractivity (Wildman–Crippen MR) is 184 cm³/mol. The number of aliphatic hydroxyl groups is 1. The Morgan fingerprint density at radius 1 is 0.915 bits per heavy atom. The van der Waals surface area contributed by atoms with Crippen molar-refractivity contribution in [3.63, 3.8) is 0 Å². The molecule has 0 bridgehead atoms. The molecule has 4 saturated carbocycles. The van der Waals surface area contributed by atoms with E-state index in [1.807, 2.05) is 19.1 Å². The lowest BCUT2D eigenvalue weighted by Crippen LogP contribution is -2.66. The van der Waals surface area contributed by atoms with Gasteiger partial charge in [0.15, 0.2) is 23.1 Å². The Balaban J connectivity index is 1.33. The first kappa shape index (κ1) is 34.1. The highest BCUT2D eigenvalue weighted by atomic mass is 16.6. The summed E-state index contributed by atoms with van der Waals surface area (Å²) in [7, 11) is 1.55. The molecular weight excluding hydrogens is 588 g/mol. The Morgan fingerprint density at radius 3 is 2.30 bits per heavy atom. The van der Waals surface area contributed by atoms with Crippen LogP contribution in [-0.2, 0) is 14.4 Å². The lowest BCUT2D eigenvalue weighted by molar-refractivity contribution is -0.202. The van der Waals surface area contributed by atoms with E-state index in [1.165, 1.54) is 18.6 Å². The minimum atomic E-state index is -0.729. The van der Waals surface area contributed by atoms with Crippen molar-refractivity contribution in [2.45, 2.75) is 119 Å². The maximum atomic E-state index is 14.6. The van der Waals surface area contributed by atoms with Crippen molar-refractivity contribution in [3.8, 4) is 11.5 Å². The van der Waals surface area contributed by atoms with Crippen LogP contribution >= 0.6 is 0 Å². The highest BCUT2D eigenvalue weighted by Gasteiger charge is 2.70. The van der Waals surface area contributed by atoms with Crippen LogP contribution < -0.4 is 9.47 Å². The standard InChI is InChI=1S/C41H56O6/c1-25(42)10-11-26-12-13-30(46-9)31(22-26)47-35(45)38(5)19-18-37(4)20-21-40(7)27(28(37)24-38)23-29(43)34-39(6)16-15-33(44)36(2,3)32(39)14-17-41(34,40)8/h10-13,22-23,28,32-34,44H,14-21,24H2,1-9H3/b11-10+/t28-,32-,33-,34+,37+,38-,39-,40+,41+/m0/s1. The van der Waals surface area contributed by atoms with Gasteiger partial charge in [-0.2, -0.15) is 0 Å². The van der Waals surface area contributed by atoms with Crippen LogP contribution in [0.25, 0.3) is 6.08 Å². The second kappa shape index (κ2) is 11.1. The number of rotatable bonds is 5. The molecule has 256 valence electrons. The van der Waals surface area contributed by atoms with Gasteiger partial charge >= 0.3 is 5.97 Å². The molecule has 0 radical (unpaired) electrons. The van der Waals surface area contributed by atoms with Crippen LogP contribution in [0.15, 0.2) is 35.9 Å². The van der Waals surface area contributed by atoms with Crippen molar-refractivity contribution >= 4 is 23.6 Å². The first-order chi connectivity index (χ1) is 21.8. The van der Waals surface area contributed by atoms with Crippen LogP contribution in [0.3, 0.4) is 0 Å². The second-order valence-electron chi connectivity index (χ2n) is 17.9. The van der Waals surface area contributed by atoms with Gasteiger partial charge in [-0.25, -0.2) is 0 Å². The quantitative estimate of drug-likeness (QED) is 0.196. The Kier molecular flexibility index (Phi) is 8.10. The largest absolute Gasteiger partial charge is 0.493 e. The third kappa shape index (κ3) is 5.01. The molecule has 0 unspecified atom stereocenters. The van der Waals surface area contributed by atoms with E-state index < -0.39 is 5.41 Å². The lowest BCUT2D eigenvalue weighted by Gasteiger charge is -2.70. The number of hydrogen-bond donors (Lipinski definition) is 1. The molecule has 6 heteroatoms. The van der Waals surface area contributed by atoms with Crippen LogP contribution in [0.1, 0.15) is 119 Å². The molecule has 1 aromatic rings. The zero-order valence-corrected chi connectivity index (χ0v) is 30.1. The fraction of sp³-hybridized carbons (Fsp3) is 0.683. The SMILES string of the molecule is COc1ccc(/C=C/C(C)=O)cc1OC(=O)[C@@]1(C)CC[C@]2(C)CC[C@]3(C)C(=CC(=O)[C@@H]4[C@@]5(C)CC[C@H](O)C(C)(C)[C@@H]5CC[C@]43C)[C@@H]2C1. The van der Waals surface area contributed by atoms with E-state index >= 15 is 0 Å². The summed E-state index contributed by atoms with van der Waals surface area (Å²) < 4.78 is 11.7. The summed E-state index contributed by atoms with van der Waals surface area (Å²) in [4.78, 5) is 40.3. The van der Waals surface area contributed by atoms with E-state index in [-0.39, 0.29) is 62.6 Å². The summed E-state index contributed by atoms with van der Waals surface area (Å²) in [5.41, 5.74) is 0.594. The summed E-state index contributed by atoms with van der Waals surface area (Å²) in [5, 5.41) is 11.0. The maximum Gasteiger partial charge on any atom is 0.317 e. The topological polar surface area (TPSA) is 89.9 Å². The first-order valence-corrected chi connectivity index (χ1v) is 17.9. The first-order valence-electron chi connectivity index (χ1n) is 17.9. The van der Waals surface area contributed by atoms with Gasteiger partial charge in [-0.15, -0.1) is 0 Å². The normalized spacial score (nSPS) is 42.3. The maximum absolute atomic E-state index is 14.6. The van der Waals surface area contributed by atoms with Crippen LogP contribution in [0.5, 0.6) is 11.5 Å². The van der Waals surface area contributed by atoms with Gasteiger partial charge in [0, 0.05) is 5.92 Å². The lowest BCUT2D eigenvalue weighted by atomic mass is 9.33. The predicted octanol–water partition coefficient (Wildman–Crippen LogP) is 8.54. The van der Waals surface area contributed by atoms with Crippen LogP contribution in [0, 0.1) is 50.2 Å². The smallest absolute Gasteiger partial charge is 0.317 e. The van der Waals surface area contributed by atoms with Crippen molar-refractivity contribution in [2.75, 3.05) is 7.11 Å². The number of allylic oxidation sites excluding steroid dienone is 3. The van der Waals surface area contributed by atoms with Gasteiger partial charge in [0.1, 0.15) is 0 Å². The van der Waals surface area contributed by atoms with Gasteiger partial charge in [-0.3, -0.25) is 14.4 Å². The number of carbonyl (C=O) groups is 3. The molecule has 6 rings (SSSR count). The fourth-order valence-corrected chi connectivity index (χ4v) is 11.7. The van der Waals surface area contributed by atoms with Crippen molar-refractivity contribution in [3.05, 3.63) is 41.5 Å². The van der Waals surface area contributed by atoms with Gasteiger partial charge < -0.3 is 14.6 Å². The third-order valence-electron chi connectivity index (χ3n) is 14.9. The molecule has 1 N–H and O–H groups in total. The van der Waals surface area contributed by atoms with E-state index in [9.17, 15) is 19.5 Å². The molecule has 5 aliphatic carbocycles. The molecule has 1 aromatic carbocycles. The number of methoxy groups -OCH3 is 1. The fourth-order valence-electron chi connectivity index (χ4n) is 11.7. The average Bonchev–Trinajstić information content (AvgIpc) is 3.00. The van der Waals surface area contributed by atoms with Gasteiger partial charge in [0.05, 0.1) is 18.6 Å². The number of carbonyl (C=O) groups excluding carboxylic acids is 3. The number of hydrogen-bond acceptors (Lipinski definition) is 6. The Labute approximate surface area is 281 Å². The van der Waals surface area contributed by atoms with Crippen molar-refractivity contribution in [1.82, 2.24) is 0 Å². The van der Waals surface area contributed by atoms with E-state index in [2.05, 4.69) is 41.5 Å². The molecule has 0 amide bonds. The van der Waals surface area contributed by atoms with Gasteiger partial charge in [0.2, 0.25) is 0 Å². The Bertz CT molecular complexity index is 1550. The molecule has 0 aromatic heterocycles. The van der Waals surface area contributed by atoms with Crippen LogP contribution in [-0.4, -0.2) is 35.9 Å². The van der Waals surface area contributed by atoms with Crippen molar-refractivity contribution < 1.29 is 29.0 Å². The van der Waals surface area contributed by atoms with Crippen molar-refractivity contribution in [1.29, 1.82) is 0 Å². The summed E-state index contributed by atoms with van der Waals surface area (Å²) >= 11 is 0. The Morgan fingerprint density at radius 2 is 1.62 bits per heavy atom. The molecule has 47 heavy (non-hydrogen) atoms. The van der Waals surface area contributed by atoms with Crippen molar-refractivity contribution in [2.24, 2.45) is 50.2 Å². The van der Waals surface area contributed by atoms with E-state index in [4.69, 9.17) is 9.47 Å². The molecule has 4 fully saturated rings. The third-order valence-corrected chi connectivity index (χ3v) is 14.9. The van der Waals surface area contributed by atoms with Crippen LogP contribution in [0.4, 0.5) is 0 Å². The zero-order valence-electron chi connectivity index (χ0n) is 30.1. The summed E-state index contributed by atoms with van der Waals surface area (Å²) in [5.74, 6) is 1.07. The summed E-state index contributed by atoms with van der Waals surface area (Å²) in [6.45, 7) is 17.5. The van der Waals surface area contributed by atoms with Gasteiger partial charge in [-0.1, -0.05) is 59.3 Å². The molecule has 9 atom stereocenters. The Hall–Kier alpha value is -2.73. The van der Waals surface area contributed by atoms with Gasteiger partial charge in [-0.05, 0) is 140 Å². The van der Waals surface area contributed by atoms with E-state index in [0.29, 0.717) is 23.8 Å². The molecule has 6 nitrogen and oxygen atoms in total. The number of esters is 1. The minimum absolute atomic E-state index is 0.0156. The minimum Gasteiger partial charge on any atom is -0.493 e. The van der Waals surface area contributed by atoms with Crippen LogP contribution in [0.2, 0.25) is 0 Å². The zero-order chi connectivity index (χ0) is 34.4. The molecule has 0 aliphatic heterocycles. The highest BCUT2D eigenvalue weighted by Crippen LogP contribution is 2.75. The summed E-state index contributed by atoms with van der Waals surface area (Å²) in [6, 6.07) is 5.33. The van der Waals surface area contributed by atoms with Gasteiger partial charge in [0.25, 0.3) is 0 Å². The number of fused-ring (bicyclic) bond motifs is 7. The highest BCUT2D eigenvalue weighted by molar-refractivity contribution is 5.96. The number of aliphatic hydroxyl groups excluding tert-OH is 1.